The first kappa shape index (κ1) is 24.4. The highest BCUT2D eigenvalue weighted by molar-refractivity contribution is 7.89. The van der Waals surface area contributed by atoms with Crippen LogP contribution < -0.4 is 10.0 Å². The fourth-order valence-corrected chi connectivity index (χ4v) is 9.31. The first-order valence-electron chi connectivity index (χ1n) is 12.8. The van der Waals surface area contributed by atoms with Gasteiger partial charge in [-0.1, -0.05) is 6.07 Å². The molecule has 5 fully saturated rings. The molecule has 4 atom stereocenters. The van der Waals surface area contributed by atoms with Crippen molar-refractivity contribution in [3.63, 3.8) is 0 Å². The maximum atomic E-state index is 13.3. The van der Waals surface area contributed by atoms with E-state index in [1.807, 2.05) is 11.1 Å². The number of sulfonamides is 1. The third-order valence-electron chi connectivity index (χ3n) is 8.83. The quantitative estimate of drug-likeness (QED) is 0.574. The number of alkyl halides is 3. The number of benzene rings is 1. The molecule has 0 radical (unpaired) electrons. The molecule has 2 heterocycles. The maximum Gasteiger partial charge on any atom is 0.416 e. The molecule has 4 unspecified atom stereocenters. The zero-order valence-electron chi connectivity index (χ0n) is 19.9. The lowest BCUT2D eigenvalue weighted by Crippen LogP contribution is -2.69. The van der Waals surface area contributed by atoms with Gasteiger partial charge in [0.2, 0.25) is 15.9 Å². The van der Waals surface area contributed by atoms with Gasteiger partial charge in [0.25, 0.3) is 0 Å². The van der Waals surface area contributed by atoms with Crippen LogP contribution in [0, 0.1) is 11.8 Å². The van der Waals surface area contributed by atoms with Crippen molar-refractivity contribution in [2.24, 2.45) is 16.8 Å². The van der Waals surface area contributed by atoms with Crippen molar-refractivity contribution in [1.29, 1.82) is 0 Å². The molecule has 0 spiro atoms. The van der Waals surface area contributed by atoms with Crippen molar-refractivity contribution in [3.05, 3.63) is 29.8 Å². The van der Waals surface area contributed by atoms with Gasteiger partial charge < -0.3 is 10.2 Å². The largest absolute Gasteiger partial charge is 0.416 e. The Balaban J connectivity index is 1.18. The Morgan fingerprint density at radius 3 is 2.50 bits per heavy atom. The van der Waals surface area contributed by atoms with Crippen LogP contribution in [0.4, 0.5) is 13.2 Å². The second-order valence-electron chi connectivity index (χ2n) is 11.6. The van der Waals surface area contributed by atoms with Crippen molar-refractivity contribution >= 4 is 22.1 Å². The van der Waals surface area contributed by atoms with Gasteiger partial charge in [-0.05, 0) is 81.4 Å². The molecule has 7 rings (SSSR count). The van der Waals surface area contributed by atoms with Crippen molar-refractivity contribution in [1.82, 2.24) is 14.9 Å². The number of amides is 1. The minimum atomic E-state index is -4.62. The predicted molar refractivity (Wildman–Crippen MR) is 127 cm³/mol. The fourth-order valence-electron chi connectivity index (χ4n) is 7.84. The summed E-state index contributed by atoms with van der Waals surface area (Å²) >= 11 is 0. The van der Waals surface area contributed by atoms with E-state index in [2.05, 4.69) is 15.0 Å². The number of hydrogen-bond donors (Lipinski definition) is 2. The first-order valence-corrected chi connectivity index (χ1v) is 14.2. The van der Waals surface area contributed by atoms with E-state index in [1.54, 1.807) is 0 Å². The number of hydrogen-bond acceptors (Lipinski definition) is 5. The molecule has 36 heavy (non-hydrogen) atoms. The van der Waals surface area contributed by atoms with Crippen molar-refractivity contribution in [2.45, 2.75) is 85.6 Å². The lowest BCUT2D eigenvalue weighted by atomic mass is 9.50. The number of carbonyl (C=O) groups is 1. The Morgan fingerprint density at radius 2 is 1.83 bits per heavy atom. The number of rotatable bonds is 7. The minimum Gasteiger partial charge on any atom is -0.336 e. The van der Waals surface area contributed by atoms with Crippen molar-refractivity contribution in [3.8, 4) is 0 Å². The van der Waals surface area contributed by atoms with Crippen LogP contribution in [0.5, 0.6) is 0 Å². The summed E-state index contributed by atoms with van der Waals surface area (Å²) in [6.07, 6.45) is 3.90. The van der Waals surface area contributed by atoms with Crippen LogP contribution >= 0.6 is 0 Å². The van der Waals surface area contributed by atoms with Crippen molar-refractivity contribution < 1.29 is 26.4 Å². The van der Waals surface area contributed by atoms with Gasteiger partial charge in [-0.2, -0.15) is 13.2 Å². The summed E-state index contributed by atoms with van der Waals surface area (Å²) in [6, 6.07) is 4.22. The molecule has 4 aliphatic carbocycles. The van der Waals surface area contributed by atoms with Gasteiger partial charge in [0.15, 0.2) is 0 Å². The topological polar surface area (TPSA) is 90.9 Å². The number of carbonyl (C=O) groups excluding carboxylic acids is 1. The van der Waals surface area contributed by atoms with E-state index in [0.717, 1.165) is 50.8 Å². The Bertz CT molecular complexity index is 1180. The Labute approximate surface area is 209 Å². The summed E-state index contributed by atoms with van der Waals surface area (Å²) in [5.74, 6) is 0.692. The zero-order chi connectivity index (χ0) is 25.3. The Morgan fingerprint density at radius 1 is 1.14 bits per heavy atom. The standard InChI is InChI=1S/C25H31F3N4O3S/c26-25(27,28)18-3-1-4-19(8-18)36(34,35)31-24-11-16-7-17(12-24)10-23(9-16,15-24)30-14-22(33)32-6-2-5-21(32)20-13-29-20/h1,3-4,8,13,16-17,20-21,30-31H,2,5-7,9-12,14-15H2. The van der Waals surface area contributed by atoms with Crippen LogP contribution in [-0.4, -0.2) is 61.7 Å². The highest BCUT2D eigenvalue weighted by Gasteiger charge is 2.59. The normalized spacial score (nSPS) is 37.0. The molecule has 0 aromatic heterocycles. The highest BCUT2D eigenvalue weighted by atomic mass is 32.2. The maximum absolute atomic E-state index is 13.3. The number of nitrogens with one attached hydrogen (secondary N) is 2. The Kier molecular flexibility index (Phi) is 5.59. The van der Waals surface area contributed by atoms with Gasteiger partial charge in [-0.15, -0.1) is 0 Å². The second kappa shape index (κ2) is 8.26. The molecule has 7 nitrogen and oxygen atoms in total. The van der Waals surface area contributed by atoms with E-state index in [-0.39, 0.29) is 35.0 Å². The average Bonchev–Trinajstić information content (AvgIpc) is 3.51. The second-order valence-corrected chi connectivity index (χ2v) is 13.3. The van der Waals surface area contributed by atoms with Gasteiger partial charge >= 0.3 is 6.18 Å². The summed E-state index contributed by atoms with van der Waals surface area (Å²) in [5.41, 5.74) is -2.04. The molecular weight excluding hydrogens is 493 g/mol. The molecular formula is C25H31F3N4O3S. The summed E-state index contributed by atoms with van der Waals surface area (Å²) in [4.78, 5) is 18.9. The number of likely N-dealkylation sites (tertiary alicyclic amines) is 1. The molecule has 1 amide bonds. The van der Waals surface area contributed by atoms with Gasteiger partial charge in [-0.3, -0.25) is 9.79 Å². The number of nitrogens with zero attached hydrogens (tertiary/aromatic N) is 2. The summed E-state index contributed by atoms with van der Waals surface area (Å²) in [6.45, 7) is 0.948. The molecule has 2 N–H and O–H groups in total. The first-order chi connectivity index (χ1) is 17.0. The lowest BCUT2D eigenvalue weighted by molar-refractivity contribution is -0.137. The summed E-state index contributed by atoms with van der Waals surface area (Å²) < 4.78 is 69.0. The number of halogens is 3. The highest BCUT2D eigenvalue weighted by Crippen LogP contribution is 2.57. The van der Waals surface area contributed by atoms with Gasteiger partial charge in [-0.25, -0.2) is 13.1 Å². The van der Waals surface area contributed by atoms with Gasteiger partial charge in [0.1, 0.15) is 6.04 Å². The van der Waals surface area contributed by atoms with E-state index in [0.29, 0.717) is 37.2 Å². The van der Waals surface area contributed by atoms with Crippen LogP contribution in [0.15, 0.2) is 34.2 Å². The van der Waals surface area contributed by atoms with E-state index >= 15 is 0 Å². The predicted octanol–water partition coefficient (Wildman–Crippen LogP) is 3.11. The van der Waals surface area contributed by atoms with E-state index < -0.39 is 27.3 Å². The summed E-state index contributed by atoms with van der Waals surface area (Å²) in [5, 5.41) is 3.55. The third-order valence-corrected chi connectivity index (χ3v) is 10.4. The van der Waals surface area contributed by atoms with E-state index in [1.165, 1.54) is 6.07 Å². The molecule has 11 heteroatoms. The van der Waals surface area contributed by atoms with E-state index in [4.69, 9.17) is 0 Å². The third kappa shape index (κ3) is 4.47. The molecule has 196 valence electrons. The molecule has 1 saturated heterocycles. The average molecular weight is 525 g/mol. The van der Waals surface area contributed by atoms with Crippen molar-refractivity contribution in [2.75, 3.05) is 13.1 Å². The SMILES string of the molecule is O=C(CNC12CC3CC(C1)CC(NS(=O)(=O)c1cccc(C(F)(F)F)c1)(C3)C2)N1CCCC1C1C=N1. The Hall–Kier alpha value is -1.98. The molecule has 1 aromatic carbocycles. The van der Waals surface area contributed by atoms with E-state index in [9.17, 15) is 26.4 Å². The summed E-state index contributed by atoms with van der Waals surface area (Å²) in [7, 11) is -4.15. The van der Waals surface area contributed by atoms with Crippen LogP contribution in [0.2, 0.25) is 0 Å². The molecule has 6 aliphatic rings. The van der Waals surface area contributed by atoms with Crippen LogP contribution in [0.3, 0.4) is 0 Å². The minimum absolute atomic E-state index is 0.0577. The zero-order valence-corrected chi connectivity index (χ0v) is 20.7. The lowest BCUT2D eigenvalue weighted by Gasteiger charge is -2.62. The van der Waals surface area contributed by atoms with Crippen LogP contribution in [0.25, 0.3) is 0 Å². The van der Waals surface area contributed by atoms with Crippen LogP contribution in [-0.2, 0) is 21.0 Å². The molecule has 1 aromatic rings. The molecule has 4 bridgehead atoms. The smallest absolute Gasteiger partial charge is 0.336 e. The van der Waals surface area contributed by atoms with Gasteiger partial charge in [0, 0.05) is 23.8 Å². The van der Waals surface area contributed by atoms with Gasteiger partial charge in [0.05, 0.1) is 23.0 Å². The number of aliphatic imine (C=N–C) groups is 1. The fraction of sp³-hybridized carbons (Fsp3) is 0.680. The molecule has 2 aliphatic heterocycles. The van der Waals surface area contributed by atoms with Crippen LogP contribution in [0.1, 0.15) is 56.9 Å². The molecule has 4 saturated carbocycles. The monoisotopic (exact) mass is 524 g/mol.